The van der Waals surface area contributed by atoms with Crippen molar-refractivity contribution in [1.82, 2.24) is 9.55 Å². The molecule has 0 aliphatic heterocycles. The van der Waals surface area contributed by atoms with Crippen LogP contribution in [0.25, 0.3) is 11.0 Å². The van der Waals surface area contributed by atoms with Crippen LogP contribution in [0.3, 0.4) is 0 Å². The lowest BCUT2D eigenvalue weighted by molar-refractivity contribution is -0.274. The molecule has 0 aliphatic rings. The smallest absolute Gasteiger partial charge is 0.422 e. The van der Waals surface area contributed by atoms with Gasteiger partial charge in [0, 0.05) is 25.6 Å². The lowest BCUT2D eigenvalue weighted by Crippen LogP contribution is -2.17. The zero-order chi connectivity index (χ0) is 20.6. The maximum absolute atomic E-state index is 12.4. The number of carbonyl (C=O) groups excluding carboxylic acids is 1. The molecular weight excluding hydrogens is 420 g/mol. The SMILES string of the molecule is CC(=O)Cc1cccc2nc(Oc3c(Cl)cc(OC(F)(F)F)cc3Cl)n(C)c12. The standard InChI is InChI=1S/C18H13Cl2F3N2O3/c1-9(26)6-10-4-3-5-14-15(10)25(2)17(24-14)27-16-12(19)7-11(8-13(16)20)28-18(21,22)23/h3-5,7-8H,6H2,1-2H3. The molecule has 0 saturated heterocycles. The minimum atomic E-state index is -4.88. The van der Waals surface area contributed by atoms with E-state index in [4.69, 9.17) is 27.9 Å². The van der Waals surface area contributed by atoms with Crippen molar-refractivity contribution < 1.29 is 27.4 Å². The average Bonchev–Trinajstić information content (AvgIpc) is 2.86. The van der Waals surface area contributed by atoms with E-state index in [1.807, 2.05) is 0 Å². The molecule has 10 heteroatoms. The maximum Gasteiger partial charge on any atom is 0.573 e. The van der Waals surface area contributed by atoms with E-state index in [9.17, 15) is 18.0 Å². The molecule has 0 radical (unpaired) electrons. The summed E-state index contributed by atoms with van der Waals surface area (Å²) >= 11 is 12.1. The van der Waals surface area contributed by atoms with Crippen LogP contribution in [0.15, 0.2) is 30.3 Å². The van der Waals surface area contributed by atoms with Crippen LogP contribution in [0.2, 0.25) is 10.0 Å². The Bertz CT molecular complexity index is 1040. The molecule has 0 atom stereocenters. The molecule has 0 spiro atoms. The zero-order valence-corrected chi connectivity index (χ0v) is 16.1. The summed E-state index contributed by atoms with van der Waals surface area (Å²) in [5.41, 5.74) is 2.04. The molecular formula is C18H13Cl2F3N2O3. The van der Waals surface area contributed by atoms with Crippen molar-refractivity contribution in [3.05, 3.63) is 45.9 Å². The summed E-state index contributed by atoms with van der Waals surface area (Å²) in [4.78, 5) is 15.8. The molecule has 0 saturated carbocycles. The highest BCUT2D eigenvalue weighted by atomic mass is 35.5. The van der Waals surface area contributed by atoms with E-state index in [1.165, 1.54) is 6.92 Å². The minimum Gasteiger partial charge on any atom is -0.422 e. The third-order valence-electron chi connectivity index (χ3n) is 3.77. The monoisotopic (exact) mass is 432 g/mol. The lowest BCUT2D eigenvalue weighted by atomic mass is 10.1. The van der Waals surface area contributed by atoms with Crippen LogP contribution in [0, 0.1) is 0 Å². The number of benzene rings is 2. The summed E-state index contributed by atoms with van der Waals surface area (Å²) in [6, 6.07) is 7.31. The Morgan fingerprint density at radius 1 is 1.21 bits per heavy atom. The maximum atomic E-state index is 12.4. The van der Waals surface area contributed by atoms with E-state index in [-0.39, 0.29) is 34.0 Å². The number of Topliss-reactive ketones (excluding diaryl/α,β-unsaturated/α-hetero) is 1. The summed E-state index contributed by atoms with van der Waals surface area (Å²) in [5, 5.41) is -0.356. The van der Waals surface area contributed by atoms with Crippen LogP contribution in [0.1, 0.15) is 12.5 Å². The topological polar surface area (TPSA) is 53.4 Å². The van der Waals surface area contributed by atoms with Crippen LogP contribution < -0.4 is 9.47 Å². The van der Waals surface area contributed by atoms with Crippen LogP contribution in [0.4, 0.5) is 13.2 Å². The summed E-state index contributed by atoms with van der Waals surface area (Å²) < 4.78 is 48.2. The Morgan fingerprint density at radius 3 is 2.43 bits per heavy atom. The molecule has 0 aliphatic carbocycles. The largest absolute Gasteiger partial charge is 0.573 e. The van der Waals surface area contributed by atoms with Gasteiger partial charge in [-0.1, -0.05) is 35.3 Å². The van der Waals surface area contributed by atoms with Crippen LogP contribution >= 0.6 is 23.2 Å². The van der Waals surface area contributed by atoms with Crippen molar-refractivity contribution in [3.8, 4) is 17.5 Å². The number of ketones is 1. The van der Waals surface area contributed by atoms with Crippen molar-refractivity contribution in [2.75, 3.05) is 0 Å². The number of imidazole rings is 1. The molecule has 0 unspecified atom stereocenters. The van der Waals surface area contributed by atoms with Gasteiger partial charge in [0.1, 0.15) is 11.5 Å². The first-order chi connectivity index (χ1) is 13.0. The van der Waals surface area contributed by atoms with Crippen LogP contribution in [-0.4, -0.2) is 21.7 Å². The normalized spacial score (nSPS) is 11.7. The Balaban J connectivity index is 1.99. The minimum absolute atomic E-state index is 0.0116. The van der Waals surface area contributed by atoms with Gasteiger partial charge in [0.05, 0.1) is 21.1 Å². The Morgan fingerprint density at radius 2 is 1.86 bits per heavy atom. The second-order valence-corrected chi connectivity index (χ2v) is 6.80. The van der Waals surface area contributed by atoms with Gasteiger partial charge in [0.15, 0.2) is 5.75 Å². The number of ether oxygens (including phenoxy) is 2. The van der Waals surface area contributed by atoms with Crippen LogP contribution in [0.5, 0.6) is 17.5 Å². The first kappa shape index (κ1) is 20.3. The first-order valence-electron chi connectivity index (χ1n) is 7.91. The molecule has 1 heterocycles. The predicted octanol–water partition coefficient (Wildman–Crippen LogP) is 5.70. The van der Waals surface area contributed by atoms with Crippen molar-refractivity contribution >= 4 is 40.0 Å². The number of aryl methyl sites for hydroxylation is 1. The number of hydrogen-bond acceptors (Lipinski definition) is 4. The van der Waals surface area contributed by atoms with Gasteiger partial charge < -0.3 is 9.47 Å². The molecule has 0 bridgehead atoms. The fourth-order valence-corrected chi connectivity index (χ4v) is 3.29. The zero-order valence-electron chi connectivity index (χ0n) is 14.6. The summed E-state index contributed by atoms with van der Waals surface area (Å²) in [5.74, 6) is -0.643. The third-order valence-corrected chi connectivity index (χ3v) is 4.34. The van der Waals surface area contributed by atoms with Crippen molar-refractivity contribution in [1.29, 1.82) is 0 Å². The number of carbonyl (C=O) groups is 1. The predicted molar refractivity (Wildman–Crippen MR) is 98.3 cm³/mol. The van der Waals surface area contributed by atoms with Gasteiger partial charge >= 0.3 is 12.4 Å². The van der Waals surface area contributed by atoms with Gasteiger partial charge in [0.2, 0.25) is 0 Å². The second kappa shape index (κ2) is 7.52. The van der Waals surface area contributed by atoms with Crippen molar-refractivity contribution in [3.63, 3.8) is 0 Å². The van der Waals surface area contributed by atoms with Crippen LogP contribution in [-0.2, 0) is 18.3 Å². The Hall–Kier alpha value is -2.45. The van der Waals surface area contributed by atoms with E-state index in [2.05, 4.69) is 9.72 Å². The summed E-state index contributed by atoms with van der Waals surface area (Å²) in [6.45, 7) is 1.48. The van der Waals surface area contributed by atoms with Gasteiger partial charge in [-0.25, -0.2) is 0 Å². The number of alkyl halides is 3. The van der Waals surface area contributed by atoms with Crippen molar-refractivity contribution in [2.45, 2.75) is 19.7 Å². The fraction of sp³-hybridized carbons (Fsp3) is 0.222. The third kappa shape index (κ3) is 4.34. The molecule has 3 aromatic rings. The summed E-state index contributed by atoms with van der Waals surface area (Å²) in [6.07, 6.45) is -4.65. The Labute approximate surface area is 167 Å². The van der Waals surface area contributed by atoms with E-state index in [1.54, 1.807) is 29.8 Å². The summed E-state index contributed by atoms with van der Waals surface area (Å²) in [7, 11) is 1.68. The molecule has 5 nitrogen and oxygen atoms in total. The molecule has 0 fully saturated rings. The second-order valence-electron chi connectivity index (χ2n) is 5.98. The van der Waals surface area contributed by atoms with Gasteiger partial charge in [-0.05, 0) is 18.6 Å². The highest BCUT2D eigenvalue weighted by Crippen LogP contribution is 2.41. The number of halogens is 5. The van der Waals surface area contributed by atoms with E-state index < -0.39 is 12.1 Å². The van der Waals surface area contributed by atoms with Gasteiger partial charge in [-0.15, -0.1) is 13.2 Å². The molecule has 1 aromatic heterocycles. The molecule has 3 rings (SSSR count). The first-order valence-corrected chi connectivity index (χ1v) is 8.67. The Kier molecular flexibility index (Phi) is 5.45. The van der Waals surface area contributed by atoms with E-state index >= 15 is 0 Å². The number of aromatic nitrogens is 2. The molecule has 28 heavy (non-hydrogen) atoms. The molecule has 148 valence electrons. The number of para-hydroxylation sites is 1. The highest BCUT2D eigenvalue weighted by molar-refractivity contribution is 6.37. The van der Waals surface area contributed by atoms with Gasteiger partial charge in [0.25, 0.3) is 0 Å². The molecule has 2 aromatic carbocycles. The number of hydrogen-bond donors (Lipinski definition) is 0. The molecule has 0 N–H and O–H groups in total. The average molecular weight is 433 g/mol. The quantitative estimate of drug-likeness (QED) is 0.518. The number of nitrogens with zero attached hydrogens (tertiary/aromatic N) is 2. The molecule has 0 amide bonds. The van der Waals surface area contributed by atoms with Gasteiger partial charge in [-0.2, -0.15) is 4.98 Å². The number of fused-ring (bicyclic) bond motifs is 1. The lowest BCUT2D eigenvalue weighted by Gasteiger charge is -2.13. The van der Waals surface area contributed by atoms with E-state index in [0.717, 1.165) is 17.7 Å². The highest BCUT2D eigenvalue weighted by Gasteiger charge is 2.32. The van der Waals surface area contributed by atoms with Gasteiger partial charge in [-0.3, -0.25) is 9.36 Å². The number of rotatable bonds is 5. The van der Waals surface area contributed by atoms with E-state index in [0.29, 0.717) is 11.0 Å². The van der Waals surface area contributed by atoms with Crippen molar-refractivity contribution in [2.24, 2.45) is 7.05 Å². The fourth-order valence-electron chi connectivity index (χ4n) is 2.75.